The van der Waals surface area contributed by atoms with Crippen LogP contribution in [0.25, 0.3) is 0 Å². The van der Waals surface area contributed by atoms with Gasteiger partial charge in [-0.2, -0.15) is 0 Å². The topological polar surface area (TPSA) is 44.8 Å². The van der Waals surface area contributed by atoms with Crippen LogP contribution in [0.5, 0.6) is 11.5 Å². The van der Waals surface area contributed by atoms with E-state index in [2.05, 4.69) is 0 Å². The Labute approximate surface area is 101 Å². The maximum absolute atomic E-state index is 11.5. The number of benzene rings is 1. The molecule has 1 unspecified atom stereocenters. The first-order valence-corrected chi connectivity index (χ1v) is 5.43. The summed E-state index contributed by atoms with van der Waals surface area (Å²) in [5.41, 5.74) is 0.550. The second kappa shape index (κ2) is 6.25. The first-order chi connectivity index (χ1) is 8.08. The Kier molecular flexibility index (Phi) is 4.97. The highest BCUT2D eigenvalue weighted by molar-refractivity contribution is 5.97. The molecule has 0 aromatic heterocycles. The van der Waals surface area contributed by atoms with Crippen molar-refractivity contribution < 1.29 is 19.0 Å². The fourth-order valence-electron chi connectivity index (χ4n) is 1.50. The Morgan fingerprint density at radius 3 is 2.59 bits per heavy atom. The lowest BCUT2D eigenvalue weighted by molar-refractivity contribution is 0.0888. The molecule has 0 saturated carbocycles. The van der Waals surface area contributed by atoms with Gasteiger partial charge in [-0.25, -0.2) is 0 Å². The third-order valence-corrected chi connectivity index (χ3v) is 2.30. The molecule has 0 aliphatic carbocycles. The van der Waals surface area contributed by atoms with E-state index >= 15 is 0 Å². The second-order valence-electron chi connectivity index (χ2n) is 3.80. The van der Waals surface area contributed by atoms with E-state index in [1.807, 2.05) is 6.92 Å². The molecule has 4 nitrogen and oxygen atoms in total. The first kappa shape index (κ1) is 13.5. The monoisotopic (exact) mass is 238 g/mol. The van der Waals surface area contributed by atoms with Gasteiger partial charge in [-0.15, -0.1) is 0 Å². The predicted octanol–water partition coefficient (Wildman–Crippen LogP) is 2.31. The number of carbonyl (C=O) groups is 1. The van der Waals surface area contributed by atoms with Crippen LogP contribution >= 0.6 is 0 Å². The van der Waals surface area contributed by atoms with Crippen molar-refractivity contribution in [3.05, 3.63) is 23.8 Å². The van der Waals surface area contributed by atoms with Gasteiger partial charge in [0.25, 0.3) is 0 Å². The number of hydrogen-bond donors (Lipinski definition) is 0. The highest BCUT2D eigenvalue weighted by Crippen LogP contribution is 2.26. The molecule has 94 valence electrons. The average Bonchev–Trinajstić information content (AvgIpc) is 2.28. The van der Waals surface area contributed by atoms with E-state index < -0.39 is 0 Å². The number of rotatable bonds is 6. The number of Topliss-reactive ketones (excluding diaryl/α,β-unsaturated/α-hetero) is 1. The van der Waals surface area contributed by atoms with Gasteiger partial charge in [0.05, 0.1) is 19.3 Å². The summed E-state index contributed by atoms with van der Waals surface area (Å²) in [7, 11) is 3.18. The van der Waals surface area contributed by atoms with Gasteiger partial charge in [-0.05, 0) is 26.0 Å². The van der Waals surface area contributed by atoms with Crippen molar-refractivity contribution in [3.63, 3.8) is 0 Å². The molecule has 1 atom stereocenters. The van der Waals surface area contributed by atoms with E-state index in [0.29, 0.717) is 23.7 Å². The molecule has 0 radical (unpaired) electrons. The van der Waals surface area contributed by atoms with Crippen LogP contribution in [-0.2, 0) is 4.74 Å². The molecule has 17 heavy (non-hydrogen) atoms. The molecule has 4 heteroatoms. The maximum Gasteiger partial charge on any atom is 0.163 e. The van der Waals surface area contributed by atoms with Crippen molar-refractivity contribution in [1.29, 1.82) is 0 Å². The van der Waals surface area contributed by atoms with Crippen molar-refractivity contribution in [2.24, 2.45) is 0 Å². The standard InChI is InChI=1S/C13H18O4/c1-9(8-15-3)17-13-7-11(16-4)5-6-12(13)10(2)14/h5-7,9H,8H2,1-4H3. The van der Waals surface area contributed by atoms with Crippen LogP contribution in [0.1, 0.15) is 24.2 Å². The molecule has 1 rings (SSSR count). The van der Waals surface area contributed by atoms with Gasteiger partial charge < -0.3 is 14.2 Å². The van der Waals surface area contributed by atoms with Crippen molar-refractivity contribution in [1.82, 2.24) is 0 Å². The zero-order valence-corrected chi connectivity index (χ0v) is 10.6. The van der Waals surface area contributed by atoms with Crippen LogP contribution in [0.2, 0.25) is 0 Å². The SMILES string of the molecule is COCC(C)Oc1cc(OC)ccc1C(C)=O. The third-order valence-electron chi connectivity index (χ3n) is 2.30. The van der Waals surface area contributed by atoms with Gasteiger partial charge in [-0.1, -0.05) is 0 Å². The highest BCUT2D eigenvalue weighted by atomic mass is 16.5. The Morgan fingerprint density at radius 2 is 2.06 bits per heavy atom. The van der Waals surface area contributed by atoms with Crippen LogP contribution in [0.3, 0.4) is 0 Å². The lowest BCUT2D eigenvalue weighted by Crippen LogP contribution is -2.19. The lowest BCUT2D eigenvalue weighted by Gasteiger charge is -2.16. The van der Waals surface area contributed by atoms with Crippen molar-refractivity contribution in [2.45, 2.75) is 20.0 Å². The Bertz CT molecular complexity index is 387. The fraction of sp³-hybridized carbons (Fsp3) is 0.462. The van der Waals surface area contributed by atoms with E-state index in [1.165, 1.54) is 6.92 Å². The van der Waals surface area contributed by atoms with Crippen LogP contribution in [-0.4, -0.2) is 32.7 Å². The number of hydrogen-bond acceptors (Lipinski definition) is 4. The fourth-order valence-corrected chi connectivity index (χ4v) is 1.50. The molecular weight excluding hydrogens is 220 g/mol. The number of ether oxygens (including phenoxy) is 3. The van der Waals surface area contributed by atoms with Crippen molar-refractivity contribution >= 4 is 5.78 Å². The van der Waals surface area contributed by atoms with Crippen molar-refractivity contribution in [3.8, 4) is 11.5 Å². The van der Waals surface area contributed by atoms with Crippen LogP contribution in [0, 0.1) is 0 Å². The normalized spacial score (nSPS) is 12.0. The van der Waals surface area contributed by atoms with Crippen LogP contribution < -0.4 is 9.47 Å². The molecule has 0 aliphatic rings. The summed E-state index contributed by atoms with van der Waals surface area (Å²) in [6, 6.07) is 5.16. The predicted molar refractivity (Wildman–Crippen MR) is 65.0 cm³/mol. The largest absolute Gasteiger partial charge is 0.497 e. The minimum Gasteiger partial charge on any atom is -0.497 e. The Morgan fingerprint density at radius 1 is 1.35 bits per heavy atom. The van der Waals surface area contributed by atoms with Crippen LogP contribution in [0.15, 0.2) is 18.2 Å². The summed E-state index contributed by atoms with van der Waals surface area (Å²) >= 11 is 0. The molecular formula is C13H18O4. The summed E-state index contributed by atoms with van der Waals surface area (Å²) < 4.78 is 15.8. The molecule has 0 spiro atoms. The third kappa shape index (κ3) is 3.75. The molecule has 0 bridgehead atoms. The number of methoxy groups -OCH3 is 2. The number of ketones is 1. The van der Waals surface area contributed by atoms with Gasteiger partial charge in [0.2, 0.25) is 0 Å². The summed E-state index contributed by atoms with van der Waals surface area (Å²) in [5, 5.41) is 0. The zero-order chi connectivity index (χ0) is 12.8. The molecule has 0 amide bonds. The zero-order valence-electron chi connectivity index (χ0n) is 10.6. The minimum atomic E-state index is -0.120. The molecule has 0 N–H and O–H groups in total. The van der Waals surface area contributed by atoms with E-state index in [1.54, 1.807) is 32.4 Å². The first-order valence-electron chi connectivity index (χ1n) is 5.43. The summed E-state index contributed by atoms with van der Waals surface area (Å²) in [6.45, 7) is 3.86. The molecule has 0 heterocycles. The van der Waals surface area contributed by atoms with Gasteiger partial charge in [-0.3, -0.25) is 4.79 Å². The van der Waals surface area contributed by atoms with Gasteiger partial charge in [0, 0.05) is 13.2 Å². The average molecular weight is 238 g/mol. The minimum absolute atomic E-state index is 0.0349. The maximum atomic E-state index is 11.5. The van der Waals surface area contributed by atoms with E-state index in [9.17, 15) is 4.79 Å². The molecule has 0 fully saturated rings. The van der Waals surface area contributed by atoms with Gasteiger partial charge in [0.15, 0.2) is 5.78 Å². The second-order valence-corrected chi connectivity index (χ2v) is 3.80. The number of carbonyl (C=O) groups excluding carboxylic acids is 1. The molecule has 0 aliphatic heterocycles. The van der Waals surface area contributed by atoms with Crippen molar-refractivity contribution in [2.75, 3.05) is 20.8 Å². The molecule has 1 aromatic rings. The Hall–Kier alpha value is -1.55. The molecule has 0 saturated heterocycles. The molecule has 1 aromatic carbocycles. The summed E-state index contributed by atoms with van der Waals surface area (Å²) in [6.07, 6.45) is -0.120. The smallest absolute Gasteiger partial charge is 0.163 e. The van der Waals surface area contributed by atoms with Crippen LogP contribution in [0.4, 0.5) is 0 Å². The summed E-state index contributed by atoms with van der Waals surface area (Å²) in [5.74, 6) is 1.16. The summed E-state index contributed by atoms with van der Waals surface area (Å²) in [4.78, 5) is 11.5. The van der Waals surface area contributed by atoms with Gasteiger partial charge >= 0.3 is 0 Å². The quantitative estimate of drug-likeness (QED) is 0.713. The lowest BCUT2D eigenvalue weighted by atomic mass is 10.1. The highest BCUT2D eigenvalue weighted by Gasteiger charge is 2.12. The van der Waals surface area contributed by atoms with E-state index in [-0.39, 0.29) is 11.9 Å². The van der Waals surface area contributed by atoms with E-state index in [4.69, 9.17) is 14.2 Å². The van der Waals surface area contributed by atoms with E-state index in [0.717, 1.165) is 0 Å². The van der Waals surface area contributed by atoms with Gasteiger partial charge in [0.1, 0.15) is 17.6 Å². The Balaban J connectivity index is 2.96.